The Bertz CT molecular complexity index is 137. The quantitative estimate of drug-likeness (QED) is 0.527. The minimum atomic E-state index is -0.234. The van der Waals surface area contributed by atoms with E-state index in [0.717, 1.165) is 0 Å². The van der Waals surface area contributed by atoms with Gasteiger partial charge in [-0.2, -0.15) is 0 Å². The maximum Gasteiger partial charge on any atom is 0.0851 e. The second-order valence-corrected chi connectivity index (χ2v) is 3.20. The maximum absolute atomic E-state index is 5.66. The summed E-state index contributed by atoms with van der Waals surface area (Å²) < 4.78 is 0. The Balaban J connectivity index is 2.65. The first-order valence-electron chi connectivity index (χ1n) is 2.37. The topological polar surface area (TPSA) is 38.4 Å². The average molecular weight is 128 g/mol. The molecule has 0 saturated heterocycles. The molecule has 2 N–H and O–H groups in total. The molecule has 44 valence electrons. The number of nitrogens with zero attached hydrogens (tertiary/aromatic N) is 1. The van der Waals surface area contributed by atoms with Crippen LogP contribution in [0, 0.1) is 0 Å². The van der Waals surface area contributed by atoms with Crippen molar-refractivity contribution in [1.82, 2.24) is 0 Å². The fourth-order valence-electron chi connectivity index (χ4n) is 0.409. The molecule has 0 radical (unpaired) electrons. The molecule has 0 bridgehead atoms. The Morgan fingerprint density at radius 1 is 1.75 bits per heavy atom. The van der Waals surface area contributed by atoms with Crippen LogP contribution in [0.5, 0.6) is 0 Å². The lowest BCUT2D eigenvalue weighted by atomic mass is 10.3. The summed E-state index contributed by atoms with van der Waals surface area (Å²) >= 11 is 1.52. The zero-order chi connectivity index (χ0) is 6.04. The van der Waals surface area contributed by atoms with Gasteiger partial charge in [0.05, 0.1) is 10.4 Å². The second kappa shape index (κ2) is 1.91. The summed E-state index contributed by atoms with van der Waals surface area (Å²) in [6.07, 6.45) is 3.59. The van der Waals surface area contributed by atoms with E-state index in [1.54, 1.807) is 11.7 Å². The standard InChI is InChI=1S/C5H8N2S/c1-5(6)2-3-7-4-8-5/h2-4H,6H2,1H3. The SMILES string of the molecule is CC1(N)C=CN=CS1. The van der Waals surface area contributed by atoms with E-state index in [4.69, 9.17) is 5.73 Å². The van der Waals surface area contributed by atoms with E-state index in [1.807, 2.05) is 13.0 Å². The molecule has 2 nitrogen and oxygen atoms in total. The fourth-order valence-corrected chi connectivity index (χ4v) is 0.907. The zero-order valence-corrected chi connectivity index (χ0v) is 5.48. The van der Waals surface area contributed by atoms with Gasteiger partial charge in [-0.1, -0.05) is 11.8 Å². The molecule has 1 aliphatic rings. The Hall–Kier alpha value is -0.280. The molecule has 0 aromatic carbocycles. The molecule has 8 heavy (non-hydrogen) atoms. The largest absolute Gasteiger partial charge is 0.313 e. The minimum Gasteiger partial charge on any atom is -0.313 e. The van der Waals surface area contributed by atoms with E-state index in [-0.39, 0.29) is 4.87 Å². The molecule has 1 aliphatic heterocycles. The van der Waals surface area contributed by atoms with Gasteiger partial charge < -0.3 is 5.73 Å². The third kappa shape index (κ3) is 1.35. The summed E-state index contributed by atoms with van der Waals surface area (Å²) in [6.45, 7) is 1.94. The van der Waals surface area contributed by atoms with Gasteiger partial charge in [-0.25, -0.2) is 0 Å². The van der Waals surface area contributed by atoms with Gasteiger partial charge in [0, 0.05) is 6.20 Å². The molecule has 0 aromatic heterocycles. The predicted molar refractivity (Wildman–Crippen MR) is 37.8 cm³/mol. The Labute approximate surface area is 52.9 Å². The highest BCUT2D eigenvalue weighted by Gasteiger charge is 2.14. The van der Waals surface area contributed by atoms with E-state index in [9.17, 15) is 0 Å². The zero-order valence-electron chi connectivity index (χ0n) is 4.66. The van der Waals surface area contributed by atoms with Crippen molar-refractivity contribution in [3.63, 3.8) is 0 Å². The van der Waals surface area contributed by atoms with Gasteiger partial charge in [-0.3, -0.25) is 4.99 Å². The van der Waals surface area contributed by atoms with Crippen molar-refractivity contribution < 1.29 is 0 Å². The monoisotopic (exact) mass is 128 g/mol. The molecule has 0 spiro atoms. The van der Waals surface area contributed by atoms with Crippen LogP contribution in [0.3, 0.4) is 0 Å². The van der Waals surface area contributed by atoms with E-state index < -0.39 is 0 Å². The Morgan fingerprint density at radius 3 is 2.75 bits per heavy atom. The smallest absolute Gasteiger partial charge is 0.0851 e. The van der Waals surface area contributed by atoms with Gasteiger partial charge in [0.25, 0.3) is 0 Å². The second-order valence-electron chi connectivity index (χ2n) is 1.87. The summed E-state index contributed by atoms with van der Waals surface area (Å²) in [5.41, 5.74) is 7.41. The van der Waals surface area contributed by atoms with E-state index in [2.05, 4.69) is 4.99 Å². The molecule has 1 heterocycles. The van der Waals surface area contributed by atoms with Gasteiger partial charge in [0.1, 0.15) is 0 Å². The Morgan fingerprint density at radius 2 is 2.50 bits per heavy atom. The molecular weight excluding hydrogens is 120 g/mol. The molecule has 3 heteroatoms. The third-order valence-electron chi connectivity index (χ3n) is 0.859. The van der Waals surface area contributed by atoms with E-state index >= 15 is 0 Å². The molecule has 0 fully saturated rings. The first-order chi connectivity index (χ1) is 3.71. The lowest BCUT2D eigenvalue weighted by Crippen LogP contribution is -2.29. The molecule has 0 amide bonds. The normalized spacial score (nSPS) is 35.8. The first-order valence-corrected chi connectivity index (χ1v) is 3.25. The summed E-state index contributed by atoms with van der Waals surface area (Å²) in [6, 6.07) is 0. The third-order valence-corrected chi connectivity index (χ3v) is 1.73. The lowest BCUT2D eigenvalue weighted by Gasteiger charge is -2.17. The lowest BCUT2D eigenvalue weighted by molar-refractivity contribution is 0.848. The summed E-state index contributed by atoms with van der Waals surface area (Å²) in [7, 11) is 0. The van der Waals surface area contributed by atoms with Crippen molar-refractivity contribution in [2.45, 2.75) is 11.8 Å². The molecule has 1 unspecified atom stereocenters. The van der Waals surface area contributed by atoms with Crippen LogP contribution in [0.4, 0.5) is 0 Å². The van der Waals surface area contributed by atoms with Crippen LogP contribution in [-0.2, 0) is 0 Å². The fraction of sp³-hybridized carbons (Fsp3) is 0.400. The van der Waals surface area contributed by atoms with E-state index in [1.165, 1.54) is 11.8 Å². The van der Waals surface area contributed by atoms with E-state index in [0.29, 0.717) is 0 Å². The average Bonchev–Trinajstić information content (AvgIpc) is 1.65. The van der Waals surface area contributed by atoms with Crippen LogP contribution < -0.4 is 5.73 Å². The van der Waals surface area contributed by atoms with Gasteiger partial charge in [0.2, 0.25) is 0 Å². The van der Waals surface area contributed by atoms with Crippen LogP contribution in [0.2, 0.25) is 0 Å². The van der Waals surface area contributed by atoms with Crippen molar-refractivity contribution >= 4 is 17.3 Å². The number of rotatable bonds is 0. The van der Waals surface area contributed by atoms with Gasteiger partial charge in [-0.15, -0.1) is 0 Å². The van der Waals surface area contributed by atoms with Crippen LogP contribution >= 0.6 is 11.8 Å². The van der Waals surface area contributed by atoms with Crippen molar-refractivity contribution in [2.24, 2.45) is 10.7 Å². The predicted octanol–water partition coefficient (Wildman–Crippen LogP) is 0.950. The molecule has 1 atom stereocenters. The molecule has 1 rings (SSSR count). The van der Waals surface area contributed by atoms with Crippen molar-refractivity contribution in [3.8, 4) is 0 Å². The molecular formula is C5H8N2S. The molecule has 0 saturated carbocycles. The van der Waals surface area contributed by atoms with Crippen molar-refractivity contribution in [2.75, 3.05) is 0 Å². The number of nitrogens with two attached hydrogens (primary N) is 1. The van der Waals surface area contributed by atoms with Gasteiger partial charge in [-0.05, 0) is 13.0 Å². The summed E-state index contributed by atoms with van der Waals surface area (Å²) in [4.78, 5) is 3.62. The highest BCUT2D eigenvalue weighted by Crippen LogP contribution is 2.20. The number of thioether (sulfide) groups is 1. The number of aliphatic imine (C=N–C) groups is 1. The van der Waals surface area contributed by atoms with Crippen LogP contribution in [-0.4, -0.2) is 10.4 Å². The number of hydrogen-bond donors (Lipinski definition) is 1. The van der Waals surface area contributed by atoms with Gasteiger partial charge >= 0.3 is 0 Å². The van der Waals surface area contributed by atoms with Crippen molar-refractivity contribution in [3.05, 3.63) is 12.3 Å². The maximum atomic E-state index is 5.66. The highest BCUT2D eigenvalue weighted by molar-refractivity contribution is 8.13. The van der Waals surface area contributed by atoms with Crippen LogP contribution in [0.25, 0.3) is 0 Å². The minimum absolute atomic E-state index is 0.234. The summed E-state index contributed by atoms with van der Waals surface area (Å²) in [5.74, 6) is 0. The Kier molecular flexibility index (Phi) is 1.40. The first kappa shape index (κ1) is 5.85. The summed E-state index contributed by atoms with van der Waals surface area (Å²) in [5, 5.41) is 0. The molecule has 0 aliphatic carbocycles. The number of hydrogen-bond acceptors (Lipinski definition) is 3. The highest BCUT2D eigenvalue weighted by atomic mass is 32.2. The molecule has 0 aromatic rings. The van der Waals surface area contributed by atoms with Crippen LogP contribution in [0.1, 0.15) is 6.92 Å². The van der Waals surface area contributed by atoms with Crippen molar-refractivity contribution in [1.29, 1.82) is 0 Å². The van der Waals surface area contributed by atoms with Crippen LogP contribution in [0.15, 0.2) is 17.3 Å². The van der Waals surface area contributed by atoms with Gasteiger partial charge in [0.15, 0.2) is 0 Å².